The highest BCUT2D eigenvalue weighted by atomic mass is 16.5. The normalized spacial score (nSPS) is 17.7. The summed E-state index contributed by atoms with van der Waals surface area (Å²) in [6.45, 7) is 6.34. The zero-order valence-electron chi connectivity index (χ0n) is 10.7. The van der Waals surface area contributed by atoms with Crippen molar-refractivity contribution in [2.45, 2.75) is 33.6 Å². The van der Waals surface area contributed by atoms with Gasteiger partial charge in [0.2, 0.25) is 5.91 Å². The first-order chi connectivity index (χ1) is 8.03. The molecular weight excluding hydrogens is 214 g/mol. The first kappa shape index (κ1) is 12.0. The number of carbonyl (C=O) groups is 1. The standard InChI is InChI=1S/C14H19NO2/c1-4-5-10-6-7-12-11(8-10)15-13(16)14(2,3)9-17-12/h6-8H,4-5,9H2,1-3H3,(H,15,16). The van der Waals surface area contributed by atoms with Gasteiger partial charge in [-0.2, -0.15) is 0 Å². The van der Waals surface area contributed by atoms with Crippen LogP contribution >= 0.6 is 0 Å². The van der Waals surface area contributed by atoms with Crippen LogP contribution in [0.5, 0.6) is 5.75 Å². The predicted molar refractivity (Wildman–Crippen MR) is 68.3 cm³/mol. The van der Waals surface area contributed by atoms with Crippen LogP contribution in [0.2, 0.25) is 0 Å². The Morgan fingerprint density at radius 2 is 2.18 bits per heavy atom. The summed E-state index contributed by atoms with van der Waals surface area (Å²) in [4.78, 5) is 12.0. The van der Waals surface area contributed by atoms with E-state index in [0.29, 0.717) is 6.61 Å². The average molecular weight is 233 g/mol. The summed E-state index contributed by atoms with van der Waals surface area (Å²) in [6, 6.07) is 6.02. The van der Waals surface area contributed by atoms with Crippen molar-refractivity contribution in [3.63, 3.8) is 0 Å². The van der Waals surface area contributed by atoms with Crippen LogP contribution in [-0.4, -0.2) is 12.5 Å². The third kappa shape index (κ3) is 2.43. The smallest absolute Gasteiger partial charge is 0.233 e. The second-order valence-electron chi connectivity index (χ2n) is 5.21. The highest BCUT2D eigenvalue weighted by molar-refractivity contribution is 5.97. The van der Waals surface area contributed by atoms with Crippen molar-refractivity contribution in [1.82, 2.24) is 0 Å². The molecule has 0 unspecified atom stereocenters. The number of amides is 1. The highest BCUT2D eigenvalue weighted by Gasteiger charge is 2.32. The number of carbonyl (C=O) groups excluding carboxylic acids is 1. The first-order valence-corrected chi connectivity index (χ1v) is 6.10. The maximum absolute atomic E-state index is 12.0. The molecule has 17 heavy (non-hydrogen) atoms. The van der Waals surface area contributed by atoms with Crippen molar-refractivity contribution in [2.24, 2.45) is 5.41 Å². The van der Waals surface area contributed by atoms with Crippen molar-refractivity contribution in [2.75, 3.05) is 11.9 Å². The zero-order chi connectivity index (χ0) is 12.5. The van der Waals surface area contributed by atoms with Crippen LogP contribution in [0.4, 0.5) is 5.69 Å². The molecule has 1 aliphatic heterocycles. The van der Waals surface area contributed by atoms with Gasteiger partial charge in [-0.1, -0.05) is 19.4 Å². The lowest BCUT2D eigenvalue weighted by molar-refractivity contribution is -0.124. The number of aryl methyl sites for hydroxylation is 1. The molecule has 0 spiro atoms. The minimum atomic E-state index is -0.482. The van der Waals surface area contributed by atoms with Gasteiger partial charge in [-0.3, -0.25) is 4.79 Å². The summed E-state index contributed by atoms with van der Waals surface area (Å²) in [6.07, 6.45) is 2.12. The van der Waals surface area contributed by atoms with E-state index in [9.17, 15) is 4.79 Å². The Kier molecular flexibility index (Phi) is 3.09. The summed E-state index contributed by atoms with van der Waals surface area (Å²) in [5.74, 6) is 0.786. The Morgan fingerprint density at radius 1 is 1.41 bits per heavy atom. The Morgan fingerprint density at radius 3 is 2.88 bits per heavy atom. The molecule has 1 amide bonds. The van der Waals surface area contributed by atoms with E-state index in [0.717, 1.165) is 24.3 Å². The second-order valence-corrected chi connectivity index (χ2v) is 5.21. The molecule has 1 N–H and O–H groups in total. The van der Waals surface area contributed by atoms with Gasteiger partial charge in [0.15, 0.2) is 0 Å². The number of anilines is 1. The molecule has 0 saturated heterocycles. The summed E-state index contributed by atoms with van der Waals surface area (Å²) in [5, 5.41) is 2.95. The SMILES string of the molecule is CCCc1ccc2c(c1)NC(=O)C(C)(C)CO2. The molecule has 3 heteroatoms. The van der Waals surface area contributed by atoms with E-state index in [4.69, 9.17) is 4.74 Å². The lowest BCUT2D eigenvalue weighted by atomic mass is 9.94. The maximum atomic E-state index is 12.0. The molecule has 0 radical (unpaired) electrons. The van der Waals surface area contributed by atoms with E-state index in [1.807, 2.05) is 26.0 Å². The molecule has 1 heterocycles. The van der Waals surface area contributed by atoms with Gasteiger partial charge >= 0.3 is 0 Å². The molecular formula is C14H19NO2. The molecule has 3 nitrogen and oxygen atoms in total. The first-order valence-electron chi connectivity index (χ1n) is 6.10. The quantitative estimate of drug-likeness (QED) is 0.852. The third-order valence-corrected chi connectivity index (χ3v) is 3.03. The number of benzene rings is 1. The lowest BCUT2D eigenvalue weighted by Crippen LogP contribution is -2.33. The van der Waals surface area contributed by atoms with Crippen LogP contribution in [0.15, 0.2) is 18.2 Å². The largest absolute Gasteiger partial charge is 0.490 e. The van der Waals surface area contributed by atoms with Crippen molar-refractivity contribution >= 4 is 11.6 Å². The van der Waals surface area contributed by atoms with Gasteiger partial charge < -0.3 is 10.1 Å². The van der Waals surface area contributed by atoms with E-state index in [1.165, 1.54) is 5.56 Å². The molecule has 1 aliphatic rings. The van der Waals surface area contributed by atoms with E-state index in [1.54, 1.807) is 0 Å². The van der Waals surface area contributed by atoms with Gasteiger partial charge in [0.25, 0.3) is 0 Å². The third-order valence-electron chi connectivity index (χ3n) is 3.03. The Balaban J connectivity index is 2.31. The topological polar surface area (TPSA) is 38.3 Å². The summed E-state index contributed by atoms with van der Waals surface area (Å²) >= 11 is 0. The van der Waals surface area contributed by atoms with E-state index >= 15 is 0 Å². The lowest BCUT2D eigenvalue weighted by Gasteiger charge is -2.18. The summed E-state index contributed by atoms with van der Waals surface area (Å²) < 4.78 is 5.68. The number of hydrogen-bond acceptors (Lipinski definition) is 2. The van der Waals surface area contributed by atoms with Crippen LogP contribution in [0, 0.1) is 5.41 Å². The summed E-state index contributed by atoms with van der Waals surface area (Å²) in [5.41, 5.74) is 1.55. The van der Waals surface area contributed by atoms with E-state index < -0.39 is 5.41 Å². The fraction of sp³-hybridized carbons (Fsp3) is 0.500. The van der Waals surface area contributed by atoms with Gasteiger partial charge in [-0.15, -0.1) is 0 Å². The molecule has 0 bridgehead atoms. The Labute approximate surface area is 102 Å². The van der Waals surface area contributed by atoms with Gasteiger partial charge in [-0.05, 0) is 38.0 Å². The van der Waals surface area contributed by atoms with Crippen LogP contribution in [0.1, 0.15) is 32.8 Å². The monoisotopic (exact) mass is 233 g/mol. The van der Waals surface area contributed by atoms with Crippen molar-refractivity contribution in [3.05, 3.63) is 23.8 Å². The molecule has 0 atom stereocenters. The average Bonchev–Trinajstić information content (AvgIpc) is 2.38. The summed E-state index contributed by atoms with van der Waals surface area (Å²) in [7, 11) is 0. The molecule has 0 fully saturated rings. The number of fused-ring (bicyclic) bond motifs is 1. The van der Waals surface area contributed by atoms with E-state index in [-0.39, 0.29) is 5.91 Å². The molecule has 92 valence electrons. The second kappa shape index (κ2) is 4.40. The molecule has 1 aromatic rings. The van der Waals surface area contributed by atoms with Gasteiger partial charge in [0.1, 0.15) is 12.4 Å². The highest BCUT2D eigenvalue weighted by Crippen LogP contribution is 2.32. The zero-order valence-corrected chi connectivity index (χ0v) is 10.7. The predicted octanol–water partition coefficient (Wildman–Crippen LogP) is 3.00. The minimum Gasteiger partial charge on any atom is -0.490 e. The number of nitrogens with one attached hydrogen (secondary N) is 1. The fourth-order valence-electron chi connectivity index (χ4n) is 1.86. The van der Waals surface area contributed by atoms with Gasteiger partial charge in [0, 0.05) is 0 Å². The molecule has 0 aromatic heterocycles. The minimum absolute atomic E-state index is 0.0184. The van der Waals surface area contributed by atoms with Crippen LogP contribution in [0.25, 0.3) is 0 Å². The molecule has 2 rings (SSSR count). The van der Waals surface area contributed by atoms with Gasteiger partial charge in [0.05, 0.1) is 11.1 Å². The van der Waals surface area contributed by atoms with Gasteiger partial charge in [-0.25, -0.2) is 0 Å². The van der Waals surface area contributed by atoms with Crippen molar-refractivity contribution in [1.29, 1.82) is 0 Å². The number of ether oxygens (including phenoxy) is 1. The van der Waals surface area contributed by atoms with Crippen LogP contribution in [0.3, 0.4) is 0 Å². The Hall–Kier alpha value is -1.51. The molecule has 1 aromatic carbocycles. The number of hydrogen-bond donors (Lipinski definition) is 1. The van der Waals surface area contributed by atoms with Crippen molar-refractivity contribution < 1.29 is 9.53 Å². The van der Waals surface area contributed by atoms with Crippen LogP contribution in [-0.2, 0) is 11.2 Å². The molecule has 0 aliphatic carbocycles. The van der Waals surface area contributed by atoms with E-state index in [2.05, 4.69) is 18.3 Å². The fourth-order valence-corrected chi connectivity index (χ4v) is 1.86. The maximum Gasteiger partial charge on any atom is 0.233 e. The van der Waals surface area contributed by atoms with Crippen LogP contribution < -0.4 is 10.1 Å². The molecule has 0 saturated carbocycles. The van der Waals surface area contributed by atoms with Crippen molar-refractivity contribution in [3.8, 4) is 5.75 Å². The number of rotatable bonds is 2. The Bertz CT molecular complexity index is 438.